The minimum atomic E-state index is -4.55. The van der Waals surface area contributed by atoms with Crippen LogP contribution in [0.2, 0.25) is 5.02 Å². The van der Waals surface area contributed by atoms with Crippen molar-refractivity contribution in [1.82, 2.24) is 0 Å². The Labute approximate surface area is 159 Å². The number of carbonyl (C=O) groups is 1. The molecule has 0 bridgehead atoms. The van der Waals surface area contributed by atoms with Crippen molar-refractivity contribution in [3.05, 3.63) is 53.1 Å². The van der Waals surface area contributed by atoms with Crippen LogP contribution in [-0.4, -0.2) is 32.3 Å². The molecular formula is C18H17ClF3N3O2. The fraction of sp³-hybridized carbons (Fsp3) is 0.278. The van der Waals surface area contributed by atoms with Crippen molar-refractivity contribution in [1.29, 1.82) is 0 Å². The molecule has 9 heteroatoms. The summed E-state index contributed by atoms with van der Waals surface area (Å²) in [6.45, 7) is 1.51. The van der Waals surface area contributed by atoms with E-state index in [4.69, 9.17) is 16.3 Å². The molecule has 2 aromatic carbocycles. The molecule has 5 nitrogen and oxygen atoms in total. The first-order valence-corrected chi connectivity index (χ1v) is 8.58. The lowest BCUT2D eigenvalue weighted by molar-refractivity contribution is -0.137. The minimum Gasteiger partial charge on any atom is -0.378 e. The van der Waals surface area contributed by atoms with Gasteiger partial charge in [-0.1, -0.05) is 17.7 Å². The first kappa shape index (κ1) is 19.3. The summed E-state index contributed by atoms with van der Waals surface area (Å²) in [6, 6.07) is 9.52. The van der Waals surface area contributed by atoms with E-state index in [1.165, 1.54) is 18.2 Å². The van der Waals surface area contributed by atoms with Crippen LogP contribution in [0.25, 0.3) is 0 Å². The average Bonchev–Trinajstić information content (AvgIpc) is 2.61. The van der Waals surface area contributed by atoms with E-state index in [-0.39, 0.29) is 11.4 Å². The molecule has 1 aliphatic heterocycles. The number of anilines is 3. The summed E-state index contributed by atoms with van der Waals surface area (Å²) in [5.41, 5.74) is -0.253. The Morgan fingerprint density at radius 3 is 2.33 bits per heavy atom. The second-order valence-electron chi connectivity index (χ2n) is 5.92. The lowest BCUT2D eigenvalue weighted by Crippen LogP contribution is -2.37. The number of hydrogen-bond acceptors (Lipinski definition) is 3. The number of halogens is 4. The number of benzene rings is 2. The Balaban J connectivity index is 1.78. The molecule has 2 amide bonds. The van der Waals surface area contributed by atoms with Crippen molar-refractivity contribution in [2.24, 2.45) is 0 Å². The zero-order valence-electron chi connectivity index (χ0n) is 14.1. The first-order valence-electron chi connectivity index (χ1n) is 8.20. The Kier molecular flexibility index (Phi) is 5.76. The van der Waals surface area contributed by atoms with Gasteiger partial charge in [0.05, 0.1) is 18.8 Å². The number of morpholine rings is 1. The maximum absolute atomic E-state index is 13.5. The fourth-order valence-electron chi connectivity index (χ4n) is 2.78. The molecule has 2 aromatic rings. The van der Waals surface area contributed by atoms with Gasteiger partial charge >= 0.3 is 12.2 Å². The van der Waals surface area contributed by atoms with Crippen LogP contribution in [0.3, 0.4) is 0 Å². The lowest BCUT2D eigenvalue weighted by Gasteiger charge is -2.31. The number of amides is 2. The van der Waals surface area contributed by atoms with Gasteiger partial charge in [-0.15, -0.1) is 0 Å². The molecule has 0 aromatic heterocycles. The van der Waals surface area contributed by atoms with E-state index in [1.807, 2.05) is 0 Å². The predicted molar refractivity (Wildman–Crippen MR) is 98.6 cm³/mol. The molecule has 0 spiro atoms. The SMILES string of the molecule is O=C(Nc1cccc(Cl)c1)Nc1ccc(N2CCOCC2)c(C(F)(F)F)c1. The summed E-state index contributed by atoms with van der Waals surface area (Å²) in [6.07, 6.45) is -4.55. The Morgan fingerprint density at radius 2 is 1.70 bits per heavy atom. The quantitative estimate of drug-likeness (QED) is 0.776. The highest BCUT2D eigenvalue weighted by Gasteiger charge is 2.35. The monoisotopic (exact) mass is 399 g/mol. The molecule has 1 saturated heterocycles. The van der Waals surface area contributed by atoms with Crippen LogP contribution < -0.4 is 15.5 Å². The third-order valence-electron chi connectivity index (χ3n) is 3.99. The smallest absolute Gasteiger partial charge is 0.378 e. The standard InChI is InChI=1S/C18H17ClF3N3O2/c19-12-2-1-3-13(10-12)23-17(26)24-14-4-5-16(15(11-14)18(20,21)22)25-6-8-27-9-7-25/h1-5,10-11H,6-9H2,(H2,23,24,26). The van der Waals surface area contributed by atoms with E-state index in [9.17, 15) is 18.0 Å². The van der Waals surface area contributed by atoms with Crippen LogP contribution in [0, 0.1) is 0 Å². The molecule has 0 saturated carbocycles. The molecule has 0 atom stereocenters. The van der Waals surface area contributed by atoms with Gasteiger partial charge in [0.1, 0.15) is 0 Å². The molecule has 1 heterocycles. The fourth-order valence-corrected chi connectivity index (χ4v) is 2.97. The van der Waals surface area contributed by atoms with E-state index >= 15 is 0 Å². The second kappa shape index (κ2) is 8.06. The van der Waals surface area contributed by atoms with Crippen LogP contribution in [0.1, 0.15) is 5.56 Å². The minimum absolute atomic E-state index is 0.0406. The van der Waals surface area contributed by atoms with Crippen molar-refractivity contribution < 1.29 is 22.7 Å². The van der Waals surface area contributed by atoms with Gasteiger partial charge in [-0.05, 0) is 36.4 Å². The van der Waals surface area contributed by atoms with Crippen LogP contribution >= 0.6 is 11.6 Å². The highest BCUT2D eigenvalue weighted by molar-refractivity contribution is 6.30. The normalized spacial score (nSPS) is 14.7. The van der Waals surface area contributed by atoms with Crippen molar-refractivity contribution >= 4 is 34.7 Å². The number of hydrogen-bond donors (Lipinski definition) is 2. The van der Waals surface area contributed by atoms with Crippen molar-refractivity contribution in [3.63, 3.8) is 0 Å². The molecule has 0 unspecified atom stereocenters. The topological polar surface area (TPSA) is 53.6 Å². The molecule has 1 fully saturated rings. The summed E-state index contributed by atoms with van der Waals surface area (Å²) in [4.78, 5) is 13.7. The molecule has 0 aliphatic carbocycles. The molecular weight excluding hydrogens is 383 g/mol. The van der Waals surface area contributed by atoms with Crippen molar-refractivity contribution in [2.75, 3.05) is 41.8 Å². The van der Waals surface area contributed by atoms with Crippen LogP contribution in [0.4, 0.5) is 35.0 Å². The van der Waals surface area contributed by atoms with Crippen molar-refractivity contribution in [3.8, 4) is 0 Å². The van der Waals surface area contributed by atoms with Crippen molar-refractivity contribution in [2.45, 2.75) is 6.18 Å². The summed E-state index contributed by atoms with van der Waals surface area (Å²) < 4.78 is 45.7. The number of nitrogens with one attached hydrogen (secondary N) is 2. The summed E-state index contributed by atoms with van der Waals surface area (Å²) in [7, 11) is 0. The maximum Gasteiger partial charge on any atom is 0.418 e. The van der Waals surface area contributed by atoms with Gasteiger partial charge in [0.25, 0.3) is 0 Å². The number of nitrogens with zero attached hydrogens (tertiary/aromatic N) is 1. The Morgan fingerprint density at radius 1 is 1.04 bits per heavy atom. The first-order chi connectivity index (χ1) is 12.8. The number of urea groups is 1. The number of carbonyl (C=O) groups excluding carboxylic acids is 1. The Hall–Kier alpha value is -2.45. The van der Waals surface area contributed by atoms with Gasteiger partial charge in [-0.3, -0.25) is 0 Å². The van der Waals surface area contributed by atoms with E-state index in [1.54, 1.807) is 23.1 Å². The molecule has 1 aliphatic rings. The van der Waals surface area contributed by atoms with Gasteiger partial charge in [0.2, 0.25) is 0 Å². The summed E-state index contributed by atoms with van der Waals surface area (Å²) >= 11 is 5.84. The van der Waals surface area contributed by atoms with Crippen LogP contribution in [0.15, 0.2) is 42.5 Å². The van der Waals surface area contributed by atoms with Gasteiger partial charge in [-0.2, -0.15) is 13.2 Å². The van der Waals surface area contributed by atoms with E-state index < -0.39 is 17.8 Å². The summed E-state index contributed by atoms with van der Waals surface area (Å²) in [5, 5.41) is 5.37. The second-order valence-corrected chi connectivity index (χ2v) is 6.36. The van der Waals surface area contributed by atoms with Gasteiger partial charge in [-0.25, -0.2) is 4.79 Å². The van der Waals surface area contributed by atoms with Gasteiger partial charge in [0.15, 0.2) is 0 Å². The molecule has 27 heavy (non-hydrogen) atoms. The third-order valence-corrected chi connectivity index (χ3v) is 4.23. The van der Waals surface area contributed by atoms with E-state index in [0.717, 1.165) is 6.07 Å². The lowest BCUT2D eigenvalue weighted by atomic mass is 10.1. The predicted octanol–water partition coefficient (Wildman–Crippen LogP) is 4.84. The highest BCUT2D eigenvalue weighted by Crippen LogP contribution is 2.38. The largest absolute Gasteiger partial charge is 0.418 e. The maximum atomic E-state index is 13.5. The van der Waals surface area contributed by atoms with Gasteiger partial charge < -0.3 is 20.3 Å². The number of alkyl halides is 3. The number of rotatable bonds is 3. The molecule has 2 N–H and O–H groups in total. The van der Waals surface area contributed by atoms with Crippen LogP contribution in [-0.2, 0) is 10.9 Å². The van der Waals surface area contributed by atoms with Crippen LogP contribution in [0.5, 0.6) is 0 Å². The molecule has 3 rings (SSSR count). The van der Waals surface area contributed by atoms with Gasteiger partial charge in [0, 0.05) is 35.2 Å². The van der Waals surface area contributed by atoms with E-state index in [0.29, 0.717) is 37.0 Å². The highest BCUT2D eigenvalue weighted by atomic mass is 35.5. The molecule has 0 radical (unpaired) electrons. The molecule has 144 valence electrons. The third kappa shape index (κ3) is 5.05. The zero-order valence-corrected chi connectivity index (χ0v) is 14.9. The number of ether oxygens (including phenoxy) is 1. The average molecular weight is 400 g/mol. The zero-order chi connectivity index (χ0) is 19.4. The van der Waals surface area contributed by atoms with E-state index in [2.05, 4.69) is 10.6 Å². The Bertz CT molecular complexity index is 824. The summed E-state index contributed by atoms with van der Waals surface area (Å²) in [5.74, 6) is 0.